The lowest BCUT2D eigenvalue weighted by atomic mass is 10.1. The zero-order valence-corrected chi connectivity index (χ0v) is 13.4. The van der Waals surface area contributed by atoms with Gasteiger partial charge in [-0.1, -0.05) is 0 Å². The van der Waals surface area contributed by atoms with Crippen molar-refractivity contribution >= 4 is 35.2 Å². The number of rotatable bonds is 2. The number of likely N-dealkylation sites (N-methyl/N-ethyl adjacent to an activating group) is 1. The summed E-state index contributed by atoms with van der Waals surface area (Å²) in [5.41, 5.74) is 1.29. The fraction of sp³-hybridized carbons (Fsp3) is 0.0588. The second kappa shape index (κ2) is 6.10. The maximum absolute atomic E-state index is 12.1. The molecular weight excluding hydrogens is 326 g/mol. The van der Waals surface area contributed by atoms with E-state index in [4.69, 9.17) is 21.9 Å². The number of nitriles is 1. The Morgan fingerprint density at radius 3 is 2.58 bits per heavy atom. The summed E-state index contributed by atoms with van der Waals surface area (Å²) in [4.78, 5) is 25.2. The van der Waals surface area contributed by atoms with Crippen LogP contribution in [0, 0.1) is 11.3 Å². The van der Waals surface area contributed by atoms with Crippen LogP contribution in [0.2, 0.25) is 0 Å². The van der Waals surface area contributed by atoms with Crippen molar-refractivity contribution in [2.45, 2.75) is 0 Å². The molecule has 2 heterocycles. The van der Waals surface area contributed by atoms with Gasteiger partial charge in [0.2, 0.25) is 0 Å². The maximum Gasteiger partial charge on any atom is 0.265 e. The van der Waals surface area contributed by atoms with Crippen LogP contribution >= 0.6 is 12.2 Å². The number of carbonyl (C=O) groups is 2. The van der Waals surface area contributed by atoms with E-state index in [1.807, 2.05) is 6.07 Å². The van der Waals surface area contributed by atoms with Crippen LogP contribution in [-0.2, 0) is 9.59 Å². The van der Waals surface area contributed by atoms with E-state index in [1.165, 1.54) is 18.0 Å². The van der Waals surface area contributed by atoms with Crippen molar-refractivity contribution in [2.75, 3.05) is 7.05 Å². The molecule has 0 spiro atoms. The molecule has 1 aromatic carbocycles. The summed E-state index contributed by atoms with van der Waals surface area (Å²) in [6, 6.07) is 12.3. The average Bonchev–Trinajstić information content (AvgIpc) is 3.05. The number of thiocarbonyl (C=S) groups is 1. The minimum atomic E-state index is -0.556. The van der Waals surface area contributed by atoms with Crippen molar-refractivity contribution in [1.29, 1.82) is 5.26 Å². The molecule has 1 saturated heterocycles. The normalized spacial score (nSPS) is 16.2. The van der Waals surface area contributed by atoms with Crippen LogP contribution in [-0.4, -0.2) is 28.9 Å². The van der Waals surface area contributed by atoms with Gasteiger partial charge in [0, 0.05) is 12.6 Å². The van der Waals surface area contributed by atoms with E-state index in [9.17, 15) is 9.59 Å². The molecule has 0 aliphatic carbocycles. The Balaban J connectivity index is 1.90. The highest BCUT2D eigenvalue weighted by Gasteiger charge is 2.31. The average molecular weight is 337 g/mol. The number of amides is 2. The molecule has 1 N–H and O–H groups in total. The van der Waals surface area contributed by atoms with Gasteiger partial charge in [0.15, 0.2) is 5.11 Å². The molecular formula is C17H11N3O3S. The van der Waals surface area contributed by atoms with Crippen LogP contribution < -0.4 is 5.32 Å². The Labute approximate surface area is 143 Å². The van der Waals surface area contributed by atoms with Gasteiger partial charge in [0.05, 0.1) is 11.6 Å². The van der Waals surface area contributed by atoms with Gasteiger partial charge in [0.25, 0.3) is 11.8 Å². The summed E-state index contributed by atoms with van der Waals surface area (Å²) >= 11 is 4.89. The largest absolute Gasteiger partial charge is 0.457 e. The molecule has 118 valence electrons. The van der Waals surface area contributed by atoms with E-state index in [0.717, 1.165) is 5.56 Å². The molecule has 1 aliphatic rings. The summed E-state index contributed by atoms with van der Waals surface area (Å²) in [6.07, 6.45) is 1.38. The highest BCUT2D eigenvalue weighted by Crippen LogP contribution is 2.24. The number of furan rings is 1. The van der Waals surface area contributed by atoms with Gasteiger partial charge in [-0.2, -0.15) is 5.26 Å². The third-order valence-electron chi connectivity index (χ3n) is 3.52. The summed E-state index contributed by atoms with van der Waals surface area (Å²) in [5.74, 6) is -0.104. The van der Waals surface area contributed by atoms with E-state index in [2.05, 4.69) is 5.32 Å². The molecule has 1 aromatic heterocycles. The fourth-order valence-corrected chi connectivity index (χ4v) is 2.36. The van der Waals surface area contributed by atoms with Crippen molar-refractivity contribution in [3.05, 3.63) is 53.3 Å². The van der Waals surface area contributed by atoms with E-state index in [1.54, 1.807) is 36.4 Å². The summed E-state index contributed by atoms with van der Waals surface area (Å²) in [5, 5.41) is 11.3. The van der Waals surface area contributed by atoms with Crippen molar-refractivity contribution < 1.29 is 14.0 Å². The van der Waals surface area contributed by atoms with Gasteiger partial charge in [-0.25, -0.2) is 0 Å². The molecule has 2 amide bonds. The second-order valence-corrected chi connectivity index (χ2v) is 5.46. The van der Waals surface area contributed by atoms with E-state index >= 15 is 0 Å². The second-order valence-electron chi connectivity index (χ2n) is 5.07. The van der Waals surface area contributed by atoms with Crippen molar-refractivity contribution in [3.63, 3.8) is 0 Å². The standard InChI is InChI=1S/C17H11N3O3S/c1-20-16(22)13(15(21)19-17(20)24)8-12-6-7-14(23-12)11-4-2-10(9-18)3-5-11/h2-8H,1H3,(H,19,21,24)/b13-8-. The minimum Gasteiger partial charge on any atom is -0.457 e. The maximum atomic E-state index is 12.1. The van der Waals surface area contributed by atoms with Gasteiger partial charge in [0.1, 0.15) is 17.1 Å². The summed E-state index contributed by atoms with van der Waals surface area (Å²) in [7, 11) is 1.49. The topological polar surface area (TPSA) is 86.3 Å². The molecule has 0 radical (unpaired) electrons. The van der Waals surface area contributed by atoms with Crippen LogP contribution in [0.25, 0.3) is 17.4 Å². The summed E-state index contributed by atoms with van der Waals surface area (Å²) < 4.78 is 5.66. The number of hydrogen-bond acceptors (Lipinski definition) is 5. The van der Waals surface area contributed by atoms with Gasteiger partial charge in [-0.3, -0.25) is 19.8 Å². The van der Waals surface area contributed by atoms with E-state index in [0.29, 0.717) is 17.1 Å². The van der Waals surface area contributed by atoms with Gasteiger partial charge in [-0.15, -0.1) is 0 Å². The number of nitrogens with one attached hydrogen (secondary N) is 1. The van der Waals surface area contributed by atoms with Crippen LogP contribution in [0.4, 0.5) is 0 Å². The SMILES string of the molecule is CN1C(=O)/C(=C\c2ccc(-c3ccc(C#N)cc3)o2)C(=O)NC1=S. The highest BCUT2D eigenvalue weighted by atomic mass is 32.1. The third-order valence-corrected chi connectivity index (χ3v) is 3.89. The number of hydrogen-bond donors (Lipinski definition) is 1. The molecule has 0 bridgehead atoms. The lowest BCUT2D eigenvalue weighted by molar-refractivity contribution is -0.128. The van der Waals surface area contributed by atoms with E-state index in [-0.39, 0.29) is 10.7 Å². The first-order chi connectivity index (χ1) is 11.5. The Morgan fingerprint density at radius 2 is 1.92 bits per heavy atom. The Morgan fingerprint density at radius 1 is 1.21 bits per heavy atom. The lowest BCUT2D eigenvalue weighted by Gasteiger charge is -2.24. The molecule has 0 saturated carbocycles. The molecule has 2 aromatic rings. The van der Waals surface area contributed by atoms with Crippen LogP contribution in [0.5, 0.6) is 0 Å². The smallest absolute Gasteiger partial charge is 0.265 e. The lowest BCUT2D eigenvalue weighted by Crippen LogP contribution is -2.52. The quantitative estimate of drug-likeness (QED) is 0.515. The molecule has 0 unspecified atom stereocenters. The first kappa shape index (κ1) is 15.6. The monoisotopic (exact) mass is 337 g/mol. The molecule has 24 heavy (non-hydrogen) atoms. The molecule has 1 fully saturated rings. The number of carbonyl (C=O) groups excluding carboxylic acids is 2. The zero-order valence-electron chi connectivity index (χ0n) is 12.6. The number of benzene rings is 1. The van der Waals surface area contributed by atoms with Gasteiger partial charge >= 0.3 is 0 Å². The predicted molar refractivity (Wildman–Crippen MR) is 90.3 cm³/mol. The molecule has 0 atom stereocenters. The molecule has 6 nitrogen and oxygen atoms in total. The van der Waals surface area contributed by atoms with Crippen LogP contribution in [0.1, 0.15) is 11.3 Å². The first-order valence-corrected chi connectivity index (χ1v) is 7.36. The Bertz CT molecular complexity index is 919. The Kier molecular flexibility index (Phi) is 3.98. The number of nitrogens with zero attached hydrogens (tertiary/aromatic N) is 2. The zero-order chi connectivity index (χ0) is 17.3. The van der Waals surface area contributed by atoms with Crippen molar-refractivity contribution in [3.8, 4) is 17.4 Å². The van der Waals surface area contributed by atoms with Crippen molar-refractivity contribution in [1.82, 2.24) is 10.2 Å². The molecule has 3 rings (SSSR count). The van der Waals surface area contributed by atoms with Gasteiger partial charge < -0.3 is 4.42 Å². The van der Waals surface area contributed by atoms with Gasteiger partial charge in [-0.05, 0) is 54.7 Å². The minimum absolute atomic E-state index is 0.0492. The van der Waals surface area contributed by atoms with Crippen LogP contribution in [0.3, 0.4) is 0 Å². The fourth-order valence-electron chi connectivity index (χ4n) is 2.18. The van der Waals surface area contributed by atoms with E-state index < -0.39 is 11.8 Å². The predicted octanol–water partition coefficient (Wildman–Crippen LogP) is 2.07. The molecule has 7 heteroatoms. The highest BCUT2D eigenvalue weighted by molar-refractivity contribution is 7.80. The summed E-state index contributed by atoms with van der Waals surface area (Å²) in [6.45, 7) is 0. The third kappa shape index (κ3) is 2.83. The van der Waals surface area contributed by atoms with Crippen molar-refractivity contribution in [2.24, 2.45) is 0 Å². The molecule has 1 aliphatic heterocycles. The first-order valence-electron chi connectivity index (χ1n) is 6.95. The van der Waals surface area contributed by atoms with Crippen LogP contribution in [0.15, 0.2) is 46.4 Å². The Hall–Kier alpha value is -3.24.